The highest BCUT2D eigenvalue weighted by Gasteiger charge is 2.26. The minimum absolute atomic E-state index is 0.185. The third-order valence-electron chi connectivity index (χ3n) is 5.09. The van der Waals surface area contributed by atoms with E-state index >= 15 is 0 Å². The Labute approximate surface area is 181 Å². The molecule has 0 aromatic heterocycles. The molecule has 1 aliphatic heterocycles. The molecule has 176 valence electrons. The lowest BCUT2D eigenvalue weighted by Crippen LogP contribution is -2.37. The van der Waals surface area contributed by atoms with Gasteiger partial charge in [-0.3, -0.25) is 23.8 Å². The minimum atomic E-state index is -3.71. The number of rotatable bonds is 9. The predicted molar refractivity (Wildman–Crippen MR) is 115 cm³/mol. The van der Waals surface area contributed by atoms with E-state index in [-0.39, 0.29) is 18.1 Å². The zero-order valence-electron chi connectivity index (χ0n) is 17.3. The summed E-state index contributed by atoms with van der Waals surface area (Å²) in [5.41, 5.74) is 1.09. The maximum Gasteiger partial charge on any atom is 0.335 e. The number of hydrogen-bond donors (Lipinski definition) is 5. The molecule has 0 saturated carbocycles. The monoisotopic (exact) mass is 479 g/mol. The normalized spacial score (nSPS) is 21.4. The van der Waals surface area contributed by atoms with Gasteiger partial charge in [0.15, 0.2) is 0 Å². The predicted octanol–water partition coefficient (Wildman–Crippen LogP) is 0.160. The third kappa shape index (κ3) is 9.10. The van der Waals surface area contributed by atoms with Crippen LogP contribution in [0.5, 0.6) is 0 Å². The van der Waals surface area contributed by atoms with E-state index < -0.39 is 33.4 Å². The van der Waals surface area contributed by atoms with Gasteiger partial charge in [-0.2, -0.15) is 0 Å². The van der Waals surface area contributed by atoms with Crippen LogP contribution in [0.4, 0.5) is 0 Å². The summed E-state index contributed by atoms with van der Waals surface area (Å²) < 4.78 is 24.0. The Kier molecular flexibility index (Phi) is 9.82. The molecule has 2 atom stereocenters. The van der Waals surface area contributed by atoms with Crippen LogP contribution >= 0.6 is 14.7 Å². The summed E-state index contributed by atoms with van der Waals surface area (Å²) in [5.74, 6) is -1.00. The SMILES string of the molecule is O=C(O)c1ccc(CN2CCN(CP(=O)(O)CO)CCN(CP(=O)(O)CO)CC2)cc1. The summed E-state index contributed by atoms with van der Waals surface area (Å²) in [5, 5.41) is 27.3. The lowest BCUT2D eigenvalue weighted by atomic mass is 10.1. The van der Waals surface area contributed by atoms with Crippen molar-refractivity contribution >= 4 is 20.7 Å². The molecule has 11 nitrogen and oxygen atoms in total. The quantitative estimate of drug-likeness (QED) is 0.307. The maximum atomic E-state index is 12.0. The summed E-state index contributed by atoms with van der Waals surface area (Å²) in [6, 6.07) is 6.51. The van der Waals surface area contributed by atoms with Gasteiger partial charge in [0.1, 0.15) is 12.7 Å². The first-order chi connectivity index (χ1) is 14.5. The molecule has 0 aliphatic carbocycles. The number of aliphatic hydroxyl groups excluding tert-OH is 2. The Hall–Kier alpha value is -1.13. The topological polar surface area (TPSA) is 162 Å². The number of carboxylic acids is 1. The van der Waals surface area contributed by atoms with Crippen molar-refractivity contribution in [1.29, 1.82) is 0 Å². The Morgan fingerprint density at radius 3 is 1.52 bits per heavy atom. The molecule has 31 heavy (non-hydrogen) atoms. The average Bonchev–Trinajstić information content (AvgIpc) is 2.80. The molecule has 13 heteroatoms. The fourth-order valence-electron chi connectivity index (χ4n) is 3.35. The molecule has 1 heterocycles. The van der Waals surface area contributed by atoms with Crippen molar-refractivity contribution in [3.63, 3.8) is 0 Å². The highest BCUT2D eigenvalue weighted by Crippen LogP contribution is 2.40. The van der Waals surface area contributed by atoms with Gasteiger partial charge >= 0.3 is 5.97 Å². The molecule has 0 amide bonds. The van der Waals surface area contributed by atoms with E-state index in [1.54, 1.807) is 21.9 Å². The van der Waals surface area contributed by atoms with E-state index in [2.05, 4.69) is 4.90 Å². The van der Waals surface area contributed by atoms with Crippen LogP contribution in [0.1, 0.15) is 15.9 Å². The smallest absolute Gasteiger partial charge is 0.335 e. The van der Waals surface area contributed by atoms with Crippen molar-refractivity contribution < 1.29 is 39.0 Å². The fourth-order valence-corrected chi connectivity index (χ4v) is 5.34. The number of carboxylic acid groups (broad SMARTS) is 1. The van der Waals surface area contributed by atoms with E-state index in [1.165, 1.54) is 12.1 Å². The molecular formula is C18H31N3O8P2. The van der Waals surface area contributed by atoms with Gasteiger partial charge in [0.2, 0.25) is 14.7 Å². The third-order valence-corrected chi connectivity index (χ3v) is 7.66. The van der Waals surface area contributed by atoms with Crippen molar-refractivity contribution in [3.8, 4) is 0 Å². The molecule has 1 fully saturated rings. The van der Waals surface area contributed by atoms with E-state index in [0.29, 0.717) is 45.8 Å². The molecule has 2 unspecified atom stereocenters. The number of aromatic carboxylic acids is 1. The van der Waals surface area contributed by atoms with Gasteiger partial charge in [0, 0.05) is 45.8 Å². The molecule has 0 spiro atoms. The second kappa shape index (κ2) is 11.7. The molecule has 0 bridgehead atoms. The fraction of sp³-hybridized carbons (Fsp3) is 0.611. The molecule has 1 aromatic rings. The Bertz CT molecular complexity index is 785. The van der Waals surface area contributed by atoms with E-state index in [9.17, 15) is 23.7 Å². The van der Waals surface area contributed by atoms with Crippen LogP contribution in [0.15, 0.2) is 24.3 Å². The zero-order valence-corrected chi connectivity index (χ0v) is 19.1. The highest BCUT2D eigenvalue weighted by molar-refractivity contribution is 7.57. The number of nitrogens with zero attached hydrogens (tertiary/aromatic N) is 3. The standard InChI is InChI=1S/C18H31N3O8P2/c22-14-30(26,27)12-20-7-5-19(11-16-1-3-17(4-2-16)18(24)25)6-8-21(10-9-20)13-31(28,29)15-23/h1-4,22-23H,5-15H2,(H,24,25)(H,26,27)(H,28,29). The molecule has 2 rings (SSSR count). The summed E-state index contributed by atoms with van der Waals surface area (Å²) >= 11 is 0. The molecule has 1 aliphatic rings. The Morgan fingerprint density at radius 2 is 1.16 bits per heavy atom. The largest absolute Gasteiger partial charge is 0.478 e. The van der Waals surface area contributed by atoms with Crippen molar-refractivity contribution in [1.82, 2.24) is 14.7 Å². The van der Waals surface area contributed by atoms with Crippen LogP contribution in [0.2, 0.25) is 0 Å². The summed E-state index contributed by atoms with van der Waals surface area (Å²) in [6.07, 6.45) is -2.00. The Morgan fingerprint density at radius 1 is 0.774 bits per heavy atom. The molecule has 1 aromatic carbocycles. The van der Waals surface area contributed by atoms with Crippen LogP contribution < -0.4 is 0 Å². The van der Waals surface area contributed by atoms with E-state index in [1.807, 2.05) is 0 Å². The van der Waals surface area contributed by atoms with E-state index in [4.69, 9.17) is 15.3 Å². The van der Waals surface area contributed by atoms with Crippen LogP contribution in [-0.4, -0.2) is 110 Å². The second-order valence-electron chi connectivity index (χ2n) is 7.77. The van der Waals surface area contributed by atoms with Crippen molar-refractivity contribution in [2.24, 2.45) is 0 Å². The highest BCUT2D eigenvalue weighted by atomic mass is 31.2. The first-order valence-electron chi connectivity index (χ1n) is 9.86. The van der Waals surface area contributed by atoms with Crippen LogP contribution in [0.3, 0.4) is 0 Å². The first kappa shape index (κ1) is 26.1. The first-order valence-corrected chi connectivity index (χ1v) is 13.9. The van der Waals surface area contributed by atoms with Crippen molar-refractivity contribution in [3.05, 3.63) is 35.4 Å². The zero-order chi connectivity index (χ0) is 23.1. The number of hydrogen-bond acceptors (Lipinski definition) is 8. The summed E-state index contributed by atoms with van der Waals surface area (Å²) in [6.45, 7) is 3.28. The Balaban J connectivity index is 2.13. The van der Waals surface area contributed by atoms with Crippen molar-refractivity contribution in [2.75, 3.05) is 64.5 Å². The van der Waals surface area contributed by atoms with Gasteiger partial charge in [-0.15, -0.1) is 0 Å². The van der Waals surface area contributed by atoms with Gasteiger partial charge < -0.3 is 25.1 Å². The van der Waals surface area contributed by atoms with Gasteiger partial charge in [0.25, 0.3) is 0 Å². The summed E-state index contributed by atoms with van der Waals surface area (Å²) in [7, 11) is -7.43. The van der Waals surface area contributed by atoms with Crippen LogP contribution in [0.25, 0.3) is 0 Å². The number of carbonyl (C=O) groups is 1. The lowest BCUT2D eigenvalue weighted by Gasteiger charge is -2.27. The molecule has 1 saturated heterocycles. The van der Waals surface area contributed by atoms with Gasteiger partial charge in [0.05, 0.1) is 18.1 Å². The van der Waals surface area contributed by atoms with Gasteiger partial charge in [-0.25, -0.2) is 4.79 Å². The number of aliphatic hydroxyl groups is 2. The van der Waals surface area contributed by atoms with Gasteiger partial charge in [-0.05, 0) is 17.7 Å². The average molecular weight is 479 g/mol. The van der Waals surface area contributed by atoms with Crippen LogP contribution in [-0.2, 0) is 15.7 Å². The maximum absolute atomic E-state index is 12.0. The molecule has 0 radical (unpaired) electrons. The molecule has 5 N–H and O–H groups in total. The minimum Gasteiger partial charge on any atom is -0.478 e. The molecular weight excluding hydrogens is 448 g/mol. The van der Waals surface area contributed by atoms with Crippen LogP contribution in [0, 0.1) is 0 Å². The van der Waals surface area contributed by atoms with Gasteiger partial charge in [-0.1, -0.05) is 12.1 Å². The lowest BCUT2D eigenvalue weighted by molar-refractivity contribution is 0.0696. The number of benzene rings is 1. The van der Waals surface area contributed by atoms with E-state index in [0.717, 1.165) is 5.56 Å². The van der Waals surface area contributed by atoms with Crippen molar-refractivity contribution in [2.45, 2.75) is 6.54 Å². The summed E-state index contributed by atoms with van der Waals surface area (Å²) in [4.78, 5) is 36.3. The second-order valence-corrected chi connectivity index (χ2v) is 12.3.